The number of rotatable bonds is 2. The predicted molar refractivity (Wildman–Crippen MR) is 76.8 cm³/mol. The number of para-hydroxylation sites is 1. The molecule has 0 aliphatic carbocycles. The molecule has 1 saturated heterocycles. The van der Waals surface area contributed by atoms with Gasteiger partial charge in [-0.2, -0.15) is 0 Å². The van der Waals surface area contributed by atoms with Crippen LogP contribution in [-0.4, -0.2) is 24.9 Å². The maximum absolute atomic E-state index is 6.15. The van der Waals surface area contributed by atoms with Crippen molar-refractivity contribution in [1.29, 1.82) is 0 Å². The van der Waals surface area contributed by atoms with Crippen molar-refractivity contribution in [3.05, 3.63) is 24.3 Å². The highest BCUT2D eigenvalue weighted by atomic mass is 32.2. The van der Waals surface area contributed by atoms with Crippen LogP contribution in [0.5, 0.6) is 0 Å². The normalized spacial score (nSPS) is 29.4. The van der Waals surface area contributed by atoms with Crippen LogP contribution in [0.4, 0.5) is 5.69 Å². The molecule has 1 aromatic rings. The van der Waals surface area contributed by atoms with Crippen molar-refractivity contribution < 1.29 is 0 Å². The molecule has 0 spiro atoms. The number of hydrogen-bond acceptors (Lipinski definition) is 3. The second-order valence-electron chi connectivity index (χ2n) is 4.92. The fourth-order valence-corrected chi connectivity index (χ4v) is 3.21. The number of piperidine rings is 1. The highest BCUT2D eigenvalue weighted by Crippen LogP contribution is 2.34. The van der Waals surface area contributed by atoms with E-state index in [1.54, 1.807) is 0 Å². The predicted octanol–water partition coefficient (Wildman–Crippen LogP) is 2.97. The number of anilines is 1. The molecular formula is C14H22N2S. The Bertz CT molecular complexity index is 380. The van der Waals surface area contributed by atoms with Gasteiger partial charge in [0, 0.05) is 23.5 Å². The van der Waals surface area contributed by atoms with Gasteiger partial charge in [0.15, 0.2) is 0 Å². The molecule has 0 bridgehead atoms. The fourth-order valence-electron chi connectivity index (χ4n) is 2.60. The Kier molecular flexibility index (Phi) is 4.00. The van der Waals surface area contributed by atoms with Crippen molar-refractivity contribution in [2.75, 3.05) is 17.7 Å². The van der Waals surface area contributed by atoms with Crippen molar-refractivity contribution in [2.24, 2.45) is 11.7 Å². The molecular weight excluding hydrogens is 228 g/mol. The molecule has 3 heteroatoms. The first-order valence-corrected chi connectivity index (χ1v) is 7.53. The van der Waals surface area contributed by atoms with Crippen molar-refractivity contribution >= 4 is 17.4 Å². The molecule has 2 nitrogen and oxygen atoms in total. The van der Waals surface area contributed by atoms with Crippen LogP contribution in [0.25, 0.3) is 0 Å². The summed E-state index contributed by atoms with van der Waals surface area (Å²) < 4.78 is 0. The largest absolute Gasteiger partial charge is 0.368 e. The molecule has 0 amide bonds. The van der Waals surface area contributed by atoms with Crippen LogP contribution < -0.4 is 10.6 Å². The molecule has 1 aromatic carbocycles. The Morgan fingerprint density at radius 1 is 1.29 bits per heavy atom. The molecule has 2 N–H and O–H groups in total. The van der Waals surface area contributed by atoms with Crippen LogP contribution in [0.1, 0.15) is 20.3 Å². The first-order valence-electron chi connectivity index (χ1n) is 6.30. The van der Waals surface area contributed by atoms with Gasteiger partial charge in [-0.15, -0.1) is 11.8 Å². The number of hydrogen-bond donors (Lipinski definition) is 1. The van der Waals surface area contributed by atoms with Gasteiger partial charge in [-0.1, -0.05) is 19.1 Å². The lowest BCUT2D eigenvalue weighted by Crippen LogP contribution is -2.52. The van der Waals surface area contributed by atoms with E-state index in [4.69, 9.17) is 5.73 Å². The van der Waals surface area contributed by atoms with E-state index in [-0.39, 0.29) is 0 Å². The Morgan fingerprint density at radius 2 is 2.00 bits per heavy atom. The van der Waals surface area contributed by atoms with Gasteiger partial charge in [-0.05, 0) is 37.7 Å². The molecule has 0 aromatic heterocycles. The summed E-state index contributed by atoms with van der Waals surface area (Å²) in [4.78, 5) is 3.88. The van der Waals surface area contributed by atoms with Gasteiger partial charge in [0.2, 0.25) is 0 Å². The molecule has 3 atom stereocenters. The van der Waals surface area contributed by atoms with Crippen molar-refractivity contribution in [2.45, 2.75) is 37.2 Å². The zero-order chi connectivity index (χ0) is 12.4. The average Bonchev–Trinajstić information content (AvgIpc) is 2.36. The third-order valence-corrected chi connectivity index (χ3v) is 4.81. The first-order chi connectivity index (χ1) is 8.15. The highest BCUT2D eigenvalue weighted by Gasteiger charge is 2.31. The van der Waals surface area contributed by atoms with Crippen LogP contribution >= 0.6 is 11.8 Å². The Hall–Kier alpha value is -0.670. The minimum absolute atomic E-state index is 0.350. The summed E-state index contributed by atoms with van der Waals surface area (Å²) in [7, 11) is 0. The molecule has 2 rings (SSSR count). The van der Waals surface area contributed by atoms with E-state index in [9.17, 15) is 0 Å². The van der Waals surface area contributed by atoms with E-state index in [0.717, 1.165) is 13.0 Å². The van der Waals surface area contributed by atoms with Crippen LogP contribution in [0, 0.1) is 5.92 Å². The lowest BCUT2D eigenvalue weighted by molar-refractivity contribution is 0.315. The van der Waals surface area contributed by atoms with Crippen LogP contribution in [0.15, 0.2) is 29.2 Å². The summed E-state index contributed by atoms with van der Waals surface area (Å²) in [6, 6.07) is 9.53. The van der Waals surface area contributed by atoms with Crippen LogP contribution in [0.2, 0.25) is 0 Å². The van der Waals surface area contributed by atoms with Gasteiger partial charge in [0.05, 0.1) is 5.69 Å². The second kappa shape index (κ2) is 5.32. The first kappa shape index (κ1) is 12.8. The highest BCUT2D eigenvalue weighted by molar-refractivity contribution is 7.98. The molecule has 17 heavy (non-hydrogen) atoms. The number of nitrogens with two attached hydrogens (primary N) is 1. The summed E-state index contributed by atoms with van der Waals surface area (Å²) in [5.74, 6) is 0.554. The number of nitrogens with zero attached hydrogens (tertiary/aromatic N) is 1. The quantitative estimate of drug-likeness (QED) is 0.818. The van der Waals surface area contributed by atoms with Crippen LogP contribution in [-0.2, 0) is 0 Å². The average molecular weight is 250 g/mol. The Morgan fingerprint density at radius 3 is 2.71 bits per heavy atom. The van der Waals surface area contributed by atoms with Crippen molar-refractivity contribution in [3.8, 4) is 0 Å². The summed E-state index contributed by atoms with van der Waals surface area (Å²) in [6.45, 7) is 5.63. The Balaban J connectivity index is 2.27. The van der Waals surface area contributed by atoms with Gasteiger partial charge in [-0.25, -0.2) is 0 Å². The maximum Gasteiger partial charge on any atom is 0.0506 e. The lowest BCUT2D eigenvalue weighted by Gasteiger charge is -2.43. The number of benzene rings is 1. The molecule has 0 saturated carbocycles. The molecule has 1 heterocycles. The smallest absolute Gasteiger partial charge is 0.0506 e. The van der Waals surface area contributed by atoms with Gasteiger partial charge < -0.3 is 10.6 Å². The molecule has 0 radical (unpaired) electrons. The van der Waals surface area contributed by atoms with Gasteiger partial charge >= 0.3 is 0 Å². The maximum atomic E-state index is 6.15. The van der Waals surface area contributed by atoms with Gasteiger partial charge in [0.1, 0.15) is 0 Å². The van der Waals surface area contributed by atoms with Crippen LogP contribution in [0.3, 0.4) is 0 Å². The Labute approximate surface area is 109 Å². The zero-order valence-electron chi connectivity index (χ0n) is 10.9. The third kappa shape index (κ3) is 2.45. The topological polar surface area (TPSA) is 29.3 Å². The van der Waals surface area contributed by atoms with E-state index in [1.165, 1.54) is 10.6 Å². The third-order valence-electron chi connectivity index (χ3n) is 4.03. The lowest BCUT2D eigenvalue weighted by atomic mass is 9.87. The minimum atomic E-state index is 0.350. The van der Waals surface area contributed by atoms with Gasteiger partial charge in [-0.3, -0.25) is 0 Å². The van der Waals surface area contributed by atoms with E-state index < -0.39 is 0 Å². The summed E-state index contributed by atoms with van der Waals surface area (Å²) >= 11 is 1.82. The van der Waals surface area contributed by atoms with Crippen molar-refractivity contribution in [1.82, 2.24) is 0 Å². The minimum Gasteiger partial charge on any atom is -0.368 e. The van der Waals surface area contributed by atoms with E-state index in [2.05, 4.69) is 49.3 Å². The van der Waals surface area contributed by atoms with E-state index >= 15 is 0 Å². The molecule has 1 aliphatic rings. The van der Waals surface area contributed by atoms with E-state index in [1.807, 2.05) is 11.8 Å². The summed E-state index contributed by atoms with van der Waals surface area (Å²) in [6.07, 6.45) is 3.23. The number of thioether (sulfide) groups is 1. The molecule has 1 fully saturated rings. The fraction of sp³-hybridized carbons (Fsp3) is 0.571. The van der Waals surface area contributed by atoms with Gasteiger partial charge in [0.25, 0.3) is 0 Å². The SMILES string of the molecule is CSc1ccccc1N1CCC(N)C(C)C1C. The zero-order valence-corrected chi connectivity index (χ0v) is 11.7. The van der Waals surface area contributed by atoms with E-state index in [0.29, 0.717) is 18.0 Å². The summed E-state index contributed by atoms with van der Waals surface area (Å²) in [5.41, 5.74) is 7.51. The monoisotopic (exact) mass is 250 g/mol. The summed E-state index contributed by atoms with van der Waals surface area (Å²) in [5, 5.41) is 0. The molecule has 1 aliphatic heterocycles. The second-order valence-corrected chi connectivity index (χ2v) is 5.77. The molecule has 3 unspecified atom stereocenters. The van der Waals surface area contributed by atoms with Crippen molar-refractivity contribution in [3.63, 3.8) is 0 Å². The standard InChI is InChI=1S/C14H22N2S/c1-10-11(2)16(9-8-12(10)15)13-6-4-5-7-14(13)17-3/h4-7,10-12H,8-9,15H2,1-3H3. The molecule has 94 valence electrons.